The van der Waals surface area contributed by atoms with Gasteiger partial charge < -0.3 is 10.2 Å². The first-order chi connectivity index (χ1) is 13.7. The summed E-state index contributed by atoms with van der Waals surface area (Å²) in [5.74, 6) is 1.65. The van der Waals surface area contributed by atoms with Gasteiger partial charge in [-0.1, -0.05) is 30.5 Å². The molecule has 3 aromatic rings. The first kappa shape index (κ1) is 18.4. The number of hydrogen-bond donors (Lipinski definition) is 1. The Bertz CT molecular complexity index is 941. The van der Waals surface area contributed by atoms with E-state index >= 15 is 0 Å². The van der Waals surface area contributed by atoms with Crippen molar-refractivity contribution in [2.75, 3.05) is 24.5 Å². The van der Waals surface area contributed by atoms with Crippen LogP contribution in [0.5, 0.6) is 0 Å². The van der Waals surface area contributed by atoms with E-state index in [4.69, 9.17) is 5.10 Å². The molecule has 4 rings (SSSR count). The molecular weight excluding hydrogens is 352 g/mol. The Morgan fingerprint density at radius 3 is 2.50 bits per heavy atom. The van der Waals surface area contributed by atoms with Crippen LogP contribution in [-0.2, 0) is 6.42 Å². The summed E-state index contributed by atoms with van der Waals surface area (Å²) in [5.41, 5.74) is 2.54. The second-order valence-electron chi connectivity index (χ2n) is 7.35. The molecule has 28 heavy (non-hydrogen) atoms. The van der Waals surface area contributed by atoms with Crippen molar-refractivity contribution in [2.45, 2.75) is 39.0 Å². The second kappa shape index (κ2) is 8.37. The molecule has 2 aromatic heterocycles. The van der Waals surface area contributed by atoms with Gasteiger partial charge in [0.2, 0.25) is 0 Å². The summed E-state index contributed by atoms with van der Waals surface area (Å²) in [4.78, 5) is 14.6. The third kappa shape index (κ3) is 4.13. The van der Waals surface area contributed by atoms with Crippen LogP contribution >= 0.6 is 0 Å². The van der Waals surface area contributed by atoms with Crippen molar-refractivity contribution in [3.05, 3.63) is 53.3 Å². The van der Waals surface area contributed by atoms with Crippen molar-refractivity contribution in [1.82, 2.24) is 25.1 Å². The zero-order valence-electron chi connectivity index (χ0n) is 16.3. The average molecular weight is 378 g/mol. The predicted octanol–water partition coefficient (Wildman–Crippen LogP) is 2.79. The lowest BCUT2D eigenvalue weighted by molar-refractivity contribution is 0.0954. The molecule has 0 spiro atoms. The number of nitrogens with zero attached hydrogens (tertiary/aromatic N) is 5. The van der Waals surface area contributed by atoms with E-state index in [0.717, 1.165) is 35.9 Å². The number of nitrogens with one attached hydrogen (secondary N) is 1. The van der Waals surface area contributed by atoms with Crippen LogP contribution in [0.2, 0.25) is 0 Å². The van der Waals surface area contributed by atoms with Gasteiger partial charge in [0.05, 0.1) is 0 Å². The lowest BCUT2D eigenvalue weighted by Gasteiger charge is -2.21. The van der Waals surface area contributed by atoms with Gasteiger partial charge in [0.25, 0.3) is 5.91 Å². The second-order valence-corrected chi connectivity index (χ2v) is 7.35. The first-order valence-corrected chi connectivity index (χ1v) is 10.0. The number of anilines is 1. The minimum Gasteiger partial charge on any atom is -0.355 e. The van der Waals surface area contributed by atoms with Crippen LogP contribution in [0.4, 0.5) is 5.82 Å². The van der Waals surface area contributed by atoms with Crippen molar-refractivity contribution in [2.24, 2.45) is 0 Å². The van der Waals surface area contributed by atoms with Crippen LogP contribution in [0.3, 0.4) is 0 Å². The van der Waals surface area contributed by atoms with E-state index in [0.29, 0.717) is 18.5 Å². The molecule has 1 saturated heterocycles. The van der Waals surface area contributed by atoms with Crippen LogP contribution in [0.25, 0.3) is 5.65 Å². The molecule has 0 saturated carbocycles. The fraction of sp³-hybridized carbons (Fsp3) is 0.429. The molecule has 1 aliphatic rings. The monoisotopic (exact) mass is 378 g/mol. The minimum absolute atomic E-state index is 0.0768. The standard InChI is InChI=1S/C21H26N6O/c1-16-6-8-17(9-7-16)21(28)22-13-12-19-24-23-18-10-11-20(25-27(18)19)26-14-4-2-3-5-15-26/h6-11H,2-5,12-15H2,1H3,(H,22,28). The molecule has 0 atom stereocenters. The fourth-order valence-corrected chi connectivity index (χ4v) is 3.54. The summed E-state index contributed by atoms with van der Waals surface area (Å²) in [6, 6.07) is 11.6. The quantitative estimate of drug-likeness (QED) is 0.739. The number of fused-ring (bicyclic) bond motifs is 1. The molecule has 1 aliphatic heterocycles. The van der Waals surface area contributed by atoms with E-state index in [1.807, 2.05) is 43.3 Å². The number of hydrogen-bond acceptors (Lipinski definition) is 5. The van der Waals surface area contributed by atoms with Crippen LogP contribution in [-0.4, -0.2) is 45.4 Å². The fourth-order valence-electron chi connectivity index (χ4n) is 3.54. The summed E-state index contributed by atoms with van der Waals surface area (Å²) in [6.45, 7) is 4.58. The Morgan fingerprint density at radius 1 is 1.00 bits per heavy atom. The topological polar surface area (TPSA) is 75.4 Å². The van der Waals surface area contributed by atoms with Crippen LogP contribution in [0.15, 0.2) is 36.4 Å². The number of amides is 1. The van der Waals surface area contributed by atoms with Gasteiger partial charge in [0.1, 0.15) is 5.82 Å². The Kier molecular flexibility index (Phi) is 5.50. The smallest absolute Gasteiger partial charge is 0.251 e. The summed E-state index contributed by atoms with van der Waals surface area (Å²) in [7, 11) is 0. The van der Waals surface area contributed by atoms with Gasteiger partial charge in [-0.2, -0.15) is 4.52 Å². The normalized spacial score (nSPS) is 14.8. The highest BCUT2D eigenvalue weighted by Crippen LogP contribution is 2.18. The van der Waals surface area contributed by atoms with Crippen LogP contribution < -0.4 is 10.2 Å². The molecule has 0 radical (unpaired) electrons. The molecule has 7 heteroatoms. The van der Waals surface area contributed by atoms with E-state index in [1.54, 1.807) is 4.52 Å². The zero-order valence-corrected chi connectivity index (χ0v) is 16.3. The van der Waals surface area contributed by atoms with Crippen molar-refractivity contribution in [1.29, 1.82) is 0 Å². The minimum atomic E-state index is -0.0768. The third-order valence-corrected chi connectivity index (χ3v) is 5.19. The molecule has 1 N–H and O–H groups in total. The Balaban J connectivity index is 1.42. The van der Waals surface area contributed by atoms with E-state index in [-0.39, 0.29) is 5.91 Å². The molecule has 1 amide bonds. The SMILES string of the molecule is Cc1ccc(C(=O)NCCc2nnc3ccc(N4CCCCCC4)nn23)cc1. The molecule has 0 aliphatic carbocycles. The van der Waals surface area contributed by atoms with Gasteiger partial charge in [0, 0.05) is 31.6 Å². The van der Waals surface area contributed by atoms with Crippen molar-refractivity contribution in [3.63, 3.8) is 0 Å². The maximum Gasteiger partial charge on any atom is 0.251 e. The number of carbonyl (C=O) groups excluding carboxylic acids is 1. The molecule has 1 aromatic carbocycles. The zero-order chi connectivity index (χ0) is 19.3. The van der Waals surface area contributed by atoms with Gasteiger partial charge in [-0.15, -0.1) is 15.3 Å². The number of rotatable bonds is 5. The largest absolute Gasteiger partial charge is 0.355 e. The highest BCUT2D eigenvalue weighted by molar-refractivity contribution is 5.94. The molecule has 3 heterocycles. The van der Waals surface area contributed by atoms with Gasteiger partial charge in [-0.05, 0) is 44.0 Å². The first-order valence-electron chi connectivity index (χ1n) is 10.0. The highest BCUT2D eigenvalue weighted by Gasteiger charge is 2.14. The molecule has 0 unspecified atom stereocenters. The molecule has 1 fully saturated rings. The van der Waals surface area contributed by atoms with Gasteiger partial charge in [-0.25, -0.2) is 0 Å². The summed E-state index contributed by atoms with van der Waals surface area (Å²) >= 11 is 0. The third-order valence-electron chi connectivity index (χ3n) is 5.19. The van der Waals surface area contributed by atoms with E-state index < -0.39 is 0 Å². The van der Waals surface area contributed by atoms with Gasteiger partial charge in [-0.3, -0.25) is 4.79 Å². The van der Waals surface area contributed by atoms with Crippen molar-refractivity contribution in [3.8, 4) is 0 Å². The van der Waals surface area contributed by atoms with Crippen molar-refractivity contribution >= 4 is 17.4 Å². The van der Waals surface area contributed by atoms with E-state index in [2.05, 4.69) is 20.4 Å². The number of aryl methyl sites for hydroxylation is 1. The Hall–Kier alpha value is -2.96. The van der Waals surface area contributed by atoms with E-state index in [9.17, 15) is 4.79 Å². The maximum absolute atomic E-state index is 12.3. The molecule has 0 bridgehead atoms. The average Bonchev–Trinajstić information content (AvgIpc) is 2.92. The number of carbonyl (C=O) groups is 1. The van der Waals surface area contributed by atoms with E-state index in [1.165, 1.54) is 25.7 Å². The number of benzene rings is 1. The molecular formula is C21H26N6O. The lowest BCUT2D eigenvalue weighted by Crippen LogP contribution is -2.27. The molecule has 146 valence electrons. The molecule has 7 nitrogen and oxygen atoms in total. The summed E-state index contributed by atoms with van der Waals surface area (Å²) in [5, 5.41) is 16.2. The maximum atomic E-state index is 12.3. The summed E-state index contributed by atoms with van der Waals surface area (Å²) < 4.78 is 1.80. The summed E-state index contributed by atoms with van der Waals surface area (Å²) in [6.07, 6.45) is 5.57. The predicted molar refractivity (Wildman–Crippen MR) is 109 cm³/mol. The lowest BCUT2D eigenvalue weighted by atomic mass is 10.1. The Morgan fingerprint density at radius 2 is 1.75 bits per heavy atom. The van der Waals surface area contributed by atoms with Gasteiger partial charge in [0.15, 0.2) is 11.5 Å². The Labute approximate surface area is 164 Å². The van der Waals surface area contributed by atoms with Crippen molar-refractivity contribution < 1.29 is 4.79 Å². The van der Waals surface area contributed by atoms with Crippen LogP contribution in [0.1, 0.15) is 47.4 Å². The number of aromatic nitrogens is 4. The highest BCUT2D eigenvalue weighted by atomic mass is 16.1. The van der Waals surface area contributed by atoms with Crippen LogP contribution in [0, 0.1) is 6.92 Å². The van der Waals surface area contributed by atoms with Gasteiger partial charge >= 0.3 is 0 Å².